The van der Waals surface area contributed by atoms with Crippen molar-refractivity contribution in [3.8, 4) is 0 Å². The lowest BCUT2D eigenvalue weighted by molar-refractivity contribution is -0.123. The van der Waals surface area contributed by atoms with Crippen LogP contribution in [0.25, 0.3) is 0 Å². The molecule has 1 atom stereocenters. The minimum Gasteiger partial charge on any atom is -0.451 e. The van der Waals surface area contributed by atoms with Gasteiger partial charge in [0.1, 0.15) is 5.82 Å². The fraction of sp³-hybridized carbons (Fsp3) is 0.391. The number of benzene rings is 1. The Morgan fingerprint density at radius 1 is 1.03 bits per heavy atom. The van der Waals surface area contributed by atoms with Crippen LogP contribution >= 0.6 is 0 Å². The van der Waals surface area contributed by atoms with Crippen LogP contribution in [0, 0.1) is 5.41 Å². The number of carbonyl (C=O) groups excluding carboxylic acids is 3. The van der Waals surface area contributed by atoms with E-state index >= 15 is 0 Å². The number of ether oxygens (including phenoxy) is 1. The van der Waals surface area contributed by atoms with E-state index < -0.39 is 17.5 Å². The number of carbonyl (C=O) groups is 3. The largest absolute Gasteiger partial charge is 0.451 e. The lowest BCUT2D eigenvalue weighted by Crippen LogP contribution is -2.27. The Labute approximate surface area is 176 Å². The van der Waals surface area contributed by atoms with E-state index in [9.17, 15) is 14.4 Å². The molecule has 1 heterocycles. The van der Waals surface area contributed by atoms with E-state index in [-0.39, 0.29) is 17.3 Å². The summed E-state index contributed by atoms with van der Waals surface area (Å²) in [5, 5.41) is 6.05. The average molecular weight is 409 g/mol. The summed E-state index contributed by atoms with van der Waals surface area (Å²) in [5.41, 5.74) is 0.766. The summed E-state index contributed by atoms with van der Waals surface area (Å²) in [6, 6.07) is 10.3. The van der Waals surface area contributed by atoms with Crippen molar-refractivity contribution in [1.82, 2.24) is 4.98 Å². The number of hydrogen-bond donors (Lipinski definition) is 2. The number of Topliss-reactive ketones (excluding diaryl/α,β-unsaturated/α-hetero) is 1. The second-order valence-corrected chi connectivity index (χ2v) is 8.54. The van der Waals surface area contributed by atoms with Gasteiger partial charge < -0.3 is 15.4 Å². The molecule has 0 radical (unpaired) electrons. The van der Waals surface area contributed by atoms with E-state index in [4.69, 9.17) is 4.74 Å². The van der Waals surface area contributed by atoms with Gasteiger partial charge in [0.2, 0.25) is 11.7 Å². The van der Waals surface area contributed by atoms with Gasteiger partial charge in [-0.25, -0.2) is 9.78 Å². The summed E-state index contributed by atoms with van der Waals surface area (Å²) in [5.74, 6) is -0.319. The summed E-state index contributed by atoms with van der Waals surface area (Å²) < 4.78 is 5.31. The number of aromatic nitrogens is 1. The van der Waals surface area contributed by atoms with Crippen LogP contribution in [0.1, 0.15) is 61.3 Å². The van der Waals surface area contributed by atoms with Gasteiger partial charge in [0.15, 0.2) is 6.10 Å². The Balaban J connectivity index is 1.56. The number of nitrogens with one attached hydrogen (secondary N) is 2. The predicted molar refractivity (Wildman–Crippen MR) is 115 cm³/mol. The minimum absolute atomic E-state index is 0.115. The van der Waals surface area contributed by atoms with Gasteiger partial charge in [-0.15, -0.1) is 0 Å². The van der Waals surface area contributed by atoms with E-state index in [0.29, 0.717) is 17.3 Å². The predicted octanol–water partition coefficient (Wildman–Crippen LogP) is 4.07. The average Bonchev–Trinajstić information content (AvgIpc) is 3.51. The number of ketones is 1. The monoisotopic (exact) mass is 409 g/mol. The third-order valence-corrected chi connectivity index (χ3v) is 4.69. The molecule has 1 aliphatic carbocycles. The zero-order chi connectivity index (χ0) is 21.9. The maximum Gasteiger partial charge on any atom is 0.340 e. The van der Waals surface area contributed by atoms with Gasteiger partial charge in [0.05, 0.1) is 5.56 Å². The molecule has 0 spiro atoms. The first kappa shape index (κ1) is 21.5. The maximum atomic E-state index is 12.6. The Morgan fingerprint density at radius 2 is 1.67 bits per heavy atom. The van der Waals surface area contributed by atoms with Gasteiger partial charge in [-0.05, 0) is 56.2 Å². The van der Waals surface area contributed by atoms with E-state index in [1.807, 2.05) is 20.8 Å². The first-order chi connectivity index (χ1) is 14.1. The summed E-state index contributed by atoms with van der Waals surface area (Å²) in [4.78, 5) is 41.2. The minimum atomic E-state index is -0.947. The third kappa shape index (κ3) is 5.65. The Hall–Kier alpha value is -3.22. The lowest BCUT2D eigenvalue weighted by Gasteiger charge is -2.18. The molecule has 1 fully saturated rings. The SMILES string of the molecule is CC(OC(=O)c1ccc(NC2CC2)nc1)C(=O)c1ccc(NC(=O)C(C)(C)C)cc1. The van der Waals surface area contributed by atoms with E-state index in [2.05, 4.69) is 15.6 Å². The molecule has 30 heavy (non-hydrogen) atoms. The highest BCUT2D eigenvalue weighted by Crippen LogP contribution is 2.23. The van der Waals surface area contributed by atoms with Gasteiger partial charge in [-0.1, -0.05) is 20.8 Å². The third-order valence-electron chi connectivity index (χ3n) is 4.69. The first-order valence-electron chi connectivity index (χ1n) is 10.0. The molecule has 1 saturated carbocycles. The number of anilines is 2. The number of hydrogen-bond acceptors (Lipinski definition) is 6. The molecule has 0 saturated heterocycles. The molecule has 0 aliphatic heterocycles. The molecule has 1 unspecified atom stereocenters. The van der Waals surface area contributed by atoms with Crippen molar-refractivity contribution in [2.75, 3.05) is 10.6 Å². The van der Waals surface area contributed by atoms with Gasteiger partial charge in [0.25, 0.3) is 0 Å². The van der Waals surface area contributed by atoms with E-state index in [1.54, 1.807) is 36.4 Å². The molecule has 1 aromatic heterocycles. The van der Waals surface area contributed by atoms with Crippen LogP contribution in [-0.4, -0.2) is 34.8 Å². The molecule has 2 N–H and O–H groups in total. The van der Waals surface area contributed by atoms with Crippen LogP contribution in [-0.2, 0) is 9.53 Å². The van der Waals surface area contributed by atoms with Gasteiger partial charge >= 0.3 is 5.97 Å². The molecule has 3 rings (SSSR count). The molecule has 2 aromatic rings. The second-order valence-electron chi connectivity index (χ2n) is 8.54. The maximum absolute atomic E-state index is 12.6. The standard InChI is InChI=1S/C23H27N3O4/c1-14(30-21(28)16-7-12-19(24-13-16)25-17-10-11-17)20(27)15-5-8-18(9-6-15)26-22(29)23(2,3)4/h5-9,12-14,17H,10-11H2,1-4H3,(H,24,25)(H,26,29). The smallest absolute Gasteiger partial charge is 0.340 e. The van der Waals surface area contributed by atoms with Gasteiger partial charge in [0, 0.05) is 28.9 Å². The van der Waals surface area contributed by atoms with Crippen molar-refractivity contribution >= 4 is 29.2 Å². The van der Waals surface area contributed by atoms with Crippen LogP contribution in [0.3, 0.4) is 0 Å². The summed E-state index contributed by atoms with van der Waals surface area (Å²) in [7, 11) is 0. The number of rotatable bonds is 7. The summed E-state index contributed by atoms with van der Waals surface area (Å²) in [6.45, 7) is 7.00. The zero-order valence-electron chi connectivity index (χ0n) is 17.7. The highest BCUT2D eigenvalue weighted by molar-refractivity contribution is 6.02. The topological polar surface area (TPSA) is 97.4 Å². The van der Waals surface area contributed by atoms with Crippen molar-refractivity contribution in [3.63, 3.8) is 0 Å². The van der Waals surface area contributed by atoms with E-state index in [1.165, 1.54) is 13.1 Å². The molecular weight excluding hydrogens is 382 g/mol. The molecule has 1 aliphatic rings. The van der Waals surface area contributed by atoms with Crippen LogP contribution in [0.2, 0.25) is 0 Å². The van der Waals surface area contributed by atoms with Crippen molar-refractivity contribution in [3.05, 3.63) is 53.7 Å². The Morgan fingerprint density at radius 3 is 2.20 bits per heavy atom. The second kappa shape index (κ2) is 8.65. The van der Waals surface area contributed by atoms with Crippen LogP contribution in [0.15, 0.2) is 42.6 Å². The van der Waals surface area contributed by atoms with E-state index in [0.717, 1.165) is 18.7 Å². The fourth-order valence-corrected chi connectivity index (χ4v) is 2.59. The quantitative estimate of drug-likeness (QED) is 0.528. The van der Waals surface area contributed by atoms with Crippen molar-refractivity contribution in [2.24, 2.45) is 5.41 Å². The molecule has 7 nitrogen and oxygen atoms in total. The van der Waals surface area contributed by atoms with Gasteiger partial charge in [-0.3, -0.25) is 9.59 Å². The van der Waals surface area contributed by atoms with Crippen LogP contribution < -0.4 is 10.6 Å². The van der Waals surface area contributed by atoms with Crippen molar-refractivity contribution in [1.29, 1.82) is 0 Å². The molecule has 158 valence electrons. The molecule has 1 amide bonds. The highest BCUT2D eigenvalue weighted by Gasteiger charge is 2.24. The highest BCUT2D eigenvalue weighted by atomic mass is 16.5. The molecule has 7 heteroatoms. The molecule has 1 aromatic carbocycles. The molecular formula is C23H27N3O4. The number of amides is 1. The van der Waals surface area contributed by atoms with Crippen LogP contribution in [0.4, 0.5) is 11.5 Å². The zero-order valence-corrected chi connectivity index (χ0v) is 17.7. The number of nitrogens with zero attached hydrogens (tertiary/aromatic N) is 1. The van der Waals surface area contributed by atoms with Gasteiger partial charge in [-0.2, -0.15) is 0 Å². The van der Waals surface area contributed by atoms with Crippen molar-refractivity contribution < 1.29 is 19.1 Å². The number of pyridine rings is 1. The number of esters is 1. The Bertz CT molecular complexity index is 926. The normalized spacial score (nSPS) is 14.5. The summed E-state index contributed by atoms with van der Waals surface area (Å²) >= 11 is 0. The summed E-state index contributed by atoms with van der Waals surface area (Å²) in [6.07, 6.45) is 2.76. The molecule has 0 bridgehead atoms. The lowest BCUT2D eigenvalue weighted by atomic mass is 9.95. The fourth-order valence-electron chi connectivity index (χ4n) is 2.59. The Kier molecular flexibility index (Phi) is 6.20. The van der Waals surface area contributed by atoms with Crippen molar-refractivity contribution in [2.45, 2.75) is 52.7 Å². The van der Waals surface area contributed by atoms with Crippen LogP contribution in [0.5, 0.6) is 0 Å². The first-order valence-corrected chi connectivity index (χ1v) is 10.0.